The number of hydrogen-bond donors (Lipinski definition) is 1. The minimum absolute atomic E-state index is 0.132. The molecule has 1 N–H and O–H groups in total. The first-order valence-corrected chi connectivity index (χ1v) is 5.62. The minimum atomic E-state index is -0.413. The molecule has 0 bridgehead atoms. The fraction of sp³-hybridized carbons (Fsp3) is 0.231. The van der Waals surface area contributed by atoms with Gasteiger partial charge in [-0.25, -0.2) is 4.79 Å². The van der Waals surface area contributed by atoms with Crippen LogP contribution in [0.15, 0.2) is 30.5 Å². The number of carbonyl (C=O) groups excluding carboxylic acids is 1. The summed E-state index contributed by atoms with van der Waals surface area (Å²) in [5, 5.41) is 13.7. The lowest BCUT2D eigenvalue weighted by Crippen LogP contribution is -2.04. The van der Waals surface area contributed by atoms with E-state index in [4.69, 9.17) is 4.74 Å². The van der Waals surface area contributed by atoms with Crippen molar-refractivity contribution in [3.05, 3.63) is 36.0 Å². The van der Waals surface area contributed by atoms with Gasteiger partial charge in [0, 0.05) is 18.8 Å². The van der Waals surface area contributed by atoms with Crippen LogP contribution in [0.25, 0.3) is 11.3 Å². The van der Waals surface area contributed by atoms with Gasteiger partial charge in [0.1, 0.15) is 17.0 Å². The van der Waals surface area contributed by atoms with Gasteiger partial charge in [-0.1, -0.05) is 12.1 Å². The van der Waals surface area contributed by atoms with Crippen molar-refractivity contribution in [2.75, 3.05) is 6.61 Å². The molecule has 0 saturated carbocycles. The second-order valence-electron chi connectivity index (χ2n) is 3.84. The smallest absolute Gasteiger partial charge is 0.341 e. The van der Waals surface area contributed by atoms with Gasteiger partial charge >= 0.3 is 5.97 Å². The molecule has 0 aliphatic heterocycles. The van der Waals surface area contributed by atoms with Gasteiger partial charge in [-0.15, -0.1) is 0 Å². The number of nitrogens with zero attached hydrogens (tertiary/aromatic N) is 2. The molecule has 1 heterocycles. The Kier molecular flexibility index (Phi) is 3.32. The van der Waals surface area contributed by atoms with Crippen LogP contribution in [0.5, 0.6) is 5.75 Å². The Hall–Kier alpha value is -2.30. The number of phenols is 1. The van der Waals surface area contributed by atoms with E-state index in [-0.39, 0.29) is 5.75 Å². The number of carbonyl (C=O) groups is 1. The highest BCUT2D eigenvalue weighted by Gasteiger charge is 2.18. The molecule has 94 valence electrons. The Morgan fingerprint density at radius 1 is 1.50 bits per heavy atom. The maximum absolute atomic E-state index is 11.8. The van der Waals surface area contributed by atoms with Gasteiger partial charge in [-0.2, -0.15) is 5.10 Å². The molecule has 1 aromatic carbocycles. The van der Waals surface area contributed by atoms with E-state index in [0.29, 0.717) is 23.4 Å². The largest absolute Gasteiger partial charge is 0.508 e. The van der Waals surface area contributed by atoms with Crippen molar-refractivity contribution in [1.82, 2.24) is 9.78 Å². The summed E-state index contributed by atoms with van der Waals surface area (Å²) >= 11 is 0. The molecular formula is C13H14N2O3. The predicted molar refractivity (Wildman–Crippen MR) is 66.3 cm³/mol. The zero-order chi connectivity index (χ0) is 13.1. The van der Waals surface area contributed by atoms with Crippen molar-refractivity contribution in [3.8, 4) is 17.0 Å². The van der Waals surface area contributed by atoms with E-state index in [1.807, 2.05) is 0 Å². The van der Waals surface area contributed by atoms with Crippen LogP contribution in [0.4, 0.5) is 0 Å². The molecule has 5 nitrogen and oxygen atoms in total. The highest BCUT2D eigenvalue weighted by molar-refractivity contribution is 5.96. The first kappa shape index (κ1) is 12.2. The fourth-order valence-electron chi connectivity index (χ4n) is 1.71. The lowest BCUT2D eigenvalue weighted by atomic mass is 10.1. The van der Waals surface area contributed by atoms with Gasteiger partial charge in [-0.3, -0.25) is 4.68 Å². The topological polar surface area (TPSA) is 64.4 Å². The normalized spacial score (nSPS) is 10.3. The van der Waals surface area contributed by atoms with Crippen LogP contribution in [-0.2, 0) is 11.8 Å². The molecule has 0 spiro atoms. The second-order valence-corrected chi connectivity index (χ2v) is 3.84. The van der Waals surface area contributed by atoms with E-state index < -0.39 is 5.97 Å². The van der Waals surface area contributed by atoms with Crippen molar-refractivity contribution in [3.63, 3.8) is 0 Å². The summed E-state index contributed by atoms with van der Waals surface area (Å²) in [5.41, 5.74) is 1.58. The molecular weight excluding hydrogens is 232 g/mol. The minimum Gasteiger partial charge on any atom is -0.508 e. The van der Waals surface area contributed by atoms with E-state index >= 15 is 0 Å². The van der Waals surface area contributed by atoms with E-state index in [1.54, 1.807) is 49.1 Å². The van der Waals surface area contributed by atoms with Crippen LogP contribution < -0.4 is 0 Å². The number of aromatic nitrogens is 2. The first-order chi connectivity index (χ1) is 8.61. The van der Waals surface area contributed by atoms with Gasteiger partial charge in [-0.05, 0) is 19.1 Å². The van der Waals surface area contributed by atoms with Crippen LogP contribution in [-0.4, -0.2) is 27.5 Å². The third kappa shape index (κ3) is 2.34. The third-order valence-electron chi connectivity index (χ3n) is 2.44. The summed E-state index contributed by atoms with van der Waals surface area (Å²) in [5.74, 6) is -0.281. The summed E-state index contributed by atoms with van der Waals surface area (Å²) in [6.45, 7) is 2.06. The van der Waals surface area contributed by atoms with Crippen LogP contribution in [0, 0.1) is 0 Å². The number of phenolic OH excluding ortho intramolecular Hbond substituents is 1. The van der Waals surface area contributed by atoms with E-state index in [0.717, 1.165) is 0 Å². The van der Waals surface area contributed by atoms with E-state index in [1.165, 1.54) is 0 Å². The molecule has 0 aliphatic carbocycles. The molecule has 18 heavy (non-hydrogen) atoms. The number of hydrogen-bond acceptors (Lipinski definition) is 4. The predicted octanol–water partition coefficient (Wildman–Crippen LogP) is 1.97. The molecule has 0 amide bonds. The first-order valence-electron chi connectivity index (χ1n) is 5.62. The number of benzene rings is 1. The monoisotopic (exact) mass is 246 g/mol. The number of aromatic hydroxyl groups is 1. The number of esters is 1. The molecule has 1 aromatic heterocycles. The van der Waals surface area contributed by atoms with Gasteiger partial charge in [0.2, 0.25) is 0 Å². The molecule has 0 radical (unpaired) electrons. The summed E-state index contributed by atoms with van der Waals surface area (Å²) in [6, 6.07) is 6.61. The zero-order valence-electron chi connectivity index (χ0n) is 10.3. The Labute approximate surface area is 105 Å². The maximum atomic E-state index is 11.8. The Balaban J connectivity index is 2.47. The van der Waals surface area contributed by atoms with Crippen molar-refractivity contribution in [2.45, 2.75) is 6.92 Å². The lowest BCUT2D eigenvalue weighted by molar-refractivity contribution is 0.0527. The number of rotatable bonds is 3. The van der Waals surface area contributed by atoms with Crippen molar-refractivity contribution >= 4 is 5.97 Å². The standard InChI is InChI=1S/C13H14N2O3/c1-3-18-13(17)11-8-15(2)14-12(11)9-5-4-6-10(16)7-9/h4-8,16H,3H2,1-2H3. The summed E-state index contributed by atoms with van der Waals surface area (Å²) < 4.78 is 6.53. The molecule has 0 unspecified atom stereocenters. The summed E-state index contributed by atoms with van der Waals surface area (Å²) in [4.78, 5) is 11.8. The molecule has 0 fully saturated rings. The average Bonchev–Trinajstić information content (AvgIpc) is 2.72. The van der Waals surface area contributed by atoms with Crippen molar-refractivity contribution < 1.29 is 14.6 Å². The van der Waals surface area contributed by atoms with E-state index in [9.17, 15) is 9.90 Å². The molecule has 0 saturated heterocycles. The third-order valence-corrected chi connectivity index (χ3v) is 2.44. The molecule has 0 aliphatic rings. The molecule has 2 aromatic rings. The van der Waals surface area contributed by atoms with Crippen molar-refractivity contribution in [1.29, 1.82) is 0 Å². The highest BCUT2D eigenvalue weighted by atomic mass is 16.5. The van der Waals surface area contributed by atoms with Crippen molar-refractivity contribution in [2.24, 2.45) is 7.05 Å². The Morgan fingerprint density at radius 3 is 2.94 bits per heavy atom. The number of aryl methyl sites for hydroxylation is 1. The summed E-state index contributed by atoms with van der Waals surface area (Å²) in [7, 11) is 1.73. The maximum Gasteiger partial charge on any atom is 0.341 e. The van der Waals surface area contributed by atoms with Gasteiger partial charge < -0.3 is 9.84 Å². The lowest BCUT2D eigenvalue weighted by Gasteiger charge is -2.02. The molecule has 2 rings (SSSR count). The quantitative estimate of drug-likeness (QED) is 0.841. The van der Waals surface area contributed by atoms with Crippen LogP contribution in [0.2, 0.25) is 0 Å². The van der Waals surface area contributed by atoms with Gasteiger partial charge in [0.25, 0.3) is 0 Å². The number of ether oxygens (including phenoxy) is 1. The van der Waals surface area contributed by atoms with Gasteiger partial charge in [0.05, 0.1) is 6.61 Å². The highest BCUT2D eigenvalue weighted by Crippen LogP contribution is 2.25. The fourth-order valence-corrected chi connectivity index (χ4v) is 1.71. The van der Waals surface area contributed by atoms with Crippen LogP contribution in [0.1, 0.15) is 17.3 Å². The van der Waals surface area contributed by atoms with Crippen LogP contribution >= 0.6 is 0 Å². The SMILES string of the molecule is CCOC(=O)c1cn(C)nc1-c1cccc(O)c1. The molecule has 0 atom stereocenters. The molecule has 5 heteroatoms. The van der Waals surface area contributed by atoms with E-state index in [2.05, 4.69) is 5.10 Å². The van der Waals surface area contributed by atoms with Crippen LogP contribution in [0.3, 0.4) is 0 Å². The second kappa shape index (κ2) is 4.91. The van der Waals surface area contributed by atoms with Gasteiger partial charge in [0.15, 0.2) is 0 Å². The average molecular weight is 246 g/mol. The zero-order valence-corrected chi connectivity index (χ0v) is 10.3. The Bertz CT molecular complexity index is 575. The Morgan fingerprint density at radius 2 is 2.28 bits per heavy atom. The summed E-state index contributed by atoms with van der Waals surface area (Å²) in [6.07, 6.45) is 1.61.